The van der Waals surface area contributed by atoms with E-state index in [-0.39, 0.29) is 6.54 Å². The molecule has 2 aromatic heterocycles. The van der Waals surface area contributed by atoms with Gasteiger partial charge < -0.3 is 10.0 Å². The standard InChI is InChI=1S/C7H8N6O2/c1-12(4-7(14)15)6-3-8-2-5-9-10-11-13(5)6/h2-3H,4H2,1H3,(H,14,15). The van der Waals surface area contributed by atoms with Crippen LogP contribution in [0, 0.1) is 0 Å². The number of tetrazole rings is 1. The van der Waals surface area contributed by atoms with Crippen molar-refractivity contribution in [1.82, 2.24) is 25.0 Å². The van der Waals surface area contributed by atoms with Gasteiger partial charge in [0.2, 0.25) is 0 Å². The zero-order valence-electron chi connectivity index (χ0n) is 7.90. The van der Waals surface area contributed by atoms with Crippen LogP contribution in [0.1, 0.15) is 0 Å². The van der Waals surface area contributed by atoms with Gasteiger partial charge in [-0.25, -0.2) is 0 Å². The van der Waals surface area contributed by atoms with Crippen molar-refractivity contribution in [2.45, 2.75) is 0 Å². The van der Waals surface area contributed by atoms with Gasteiger partial charge in [0.1, 0.15) is 6.54 Å². The van der Waals surface area contributed by atoms with E-state index in [0.29, 0.717) is 11.5 Å². The Kier molecular flexibility index (Phi) is 2.16. The molecule has 0 bridgehead atoms. The van der Waals surface area contributed by atoms with Gasteiger partial charge in [0.25, 0.3) is 0 Å². The molecule has 8 nitrogen and oxygen atoms in total. The van der Waals surface area contributed by atoms with Crippen LogP contribution in [0.25, 0.3) is 5.65 Å². The molecule has 1 N–H and O–H groups in total. The minimum atomic E-state index is -0.928. The Bertz CT molecular complexity index is 495. The lowest BCUT2D eigenvalue weighted by atomic mass is 10.5. The first kappa shape index (κ1) is 9.31. The number of likely N-dealkylation sites (N-methyl/N-ethyl adjacent to an activating group) is 1. The van der Waals surface area contributed by atoms with Gasteiger partial charge in [-0.3, -0.25) is 9.78 Å². The van der Waals surface area contributed by atoms with Gasteiger partial charge in [-0.1, -0.05) is 0 Å². The lowest BCUT2D eigenvalue weighted by Gasteiger charge is -2.15. The van der Waals surface area contributed by atoms with Gasteiger partial charge >= 0.3 is 5.97 Å². The minimum Gasteiger partial charge on any atom is -0.480 e. The van der Waals surface area contributed by atoms with Crippen LogP contribution in [0.3, 0.4) is 0 Å². The highest BCUT2D eigenvalue weighted by molar-refractivity contribution is 5.73. The summed E-state index contributed by atoms with van der Waals surface area (Å²) >= 11 is 0. The topological polar surface area (TPSA) is 96.5 Å². The molecule has 0 radical (unpaired) electrons. The van der Waals surface area contributed by atoms with E-state index >= 15 is 0 Å². The van der Waals surface area contributed by atoms with Crippen molar-refractivity contribution in [3.05, 3.63) is 12.4 Å². The molecule has 8 heteroatoms. The predicted octanol–water partition coefficient (Wildman–Crippen LogP) is -0.960. The van der Waals surface area contributed by atoms with Crippen molar-refractivity contribution in [3.8, 4) is 0 Å². The molecule has 2 heterocycles. The highest BCUT2D eigenvalue weighted by Gasteiger charge is 2.11. The largest absolute Gasteiger partial charge is 0.480 e. The molecule has 0 fully saturated rings. The lowest BCUT2D eigenvalue weighted by molar-refractivity contribution is -0.135. The summed E-state index contributed by atoms with van der Waals surface area (Å²) in [6.07, 6.45) is 3.00. The maximum atomic E-state index is 10.5. The number of aliphatic carboxylic acids is 1. The molecule has 0 aliphatic rings. The Morgan fingerprint density at radius 3 is 3.13 bits per heavy atom. The van der Waals surface area contributed by atoms with Gasteiger partial charge in [0.05, 0.1) is 12.4 Å². The molecule has 15 heavy (non-hydrogen) atoms. The maximum absolute atomic E-state index is 10.5. The van der Waals surface area contributed by atoms with Gasteiger partial charge in [0.15, 0.2) is 11.5 Å². The van der Waals surface area contributed by atoms with Crippen LogP contribution in [0.4, 0.5) is 5.82 Å². The summed E-state index contributed by atoms with van der Waals surface area (Å²) < 4.78 is 1.43. The SMILES string of the molecule is CN(CC(=O)O)c1cncc2nnnn12. The van der Waals surface area contributed by atoms with E-state index in [1.165, 1.54) is 21.8 Å². The second-order valence-corrected chi connectivity index (χ2v) is 2.96. The molecule has 78 valence electrons. The third-order valence-electron chi connectivity index (χ3n) is 1.85. The van der Waals surface area contributed by atoms with Gasteiger partial charge in [-0.05, 0) is 10.4 Å². The van der Waals surface area contributed by atoms with Gasteiger partial charge in [-0.15, -0.1) is 5.10 Å². The molecule has 0 amide bonds. The van der Waals surface area contributed by atoms with E-state index in [0.717, 1.165) is 0 Å². The molecule has 0 spiro atoms. The highest BCUT2D eigenvalue weighted by Crippen LogP contribution is 2.09. The molecule has 0 saturated heterocycles. The molecule has 0 aromatic carbocycles. The molecule has 0 unspecified atom stereocenters. The smallest absolute Gasteiger partial charge is 0.323 e. The summed E-state index contributed by atoms with van der Waals surface area (Å²) in [6, 6.07) is 0. The van der Waals surface area contributed by atoms with Crippen molar-refractivity contribution in [3.63, 3.8) is 0 Å². The van der Waals surface area contributed by atoms with Crippen molar-refractivity contribution >= 4 is 17.4 Å². The fraction of sp³-hybridized carbons (Fsp3) is 0.286. The van der Waals surface area contributed by atoms with Crippen molar-refractivity contribution in [2.75, 3.05) is 18.5 Å². The second-order valence-electron chi connectivity index (χ2n) is 2.96. The summed E-state index contributed by atoms with van der Waals surface area (Å²) in [5.41, 5.74) is 0.477. The number of hydrogen-bond donors (Lipinski definition) is 1. The Morgan fingerprint density at radius 1 is 1.60 bits per heavy atom. The summed E-state index contributed by atoms with van der Waals surface area (Å²) in [5, 5.41) is 19.6. The molecule has 0 aliphatic heterocycles. The number of fused-ring (bicyclic) bond motifs is 1. The Balaban J connectivity index is 2.42. The zero-order chi connectivity index (χ0) is 10.8. The Hall–Kier alpha value is -2.25. The number of nitrogens with zero attached hydrogens (tertiary/aromatic N) is 6. The van der Waals surface area contributed by atoms with Crippen LogP contribution in [0.2, 0.25) is 0 Å². The first-order chi connectivity index (χ1) is 7.18. The monoisotopic (exact) mass is 208 g/mol. The third kappa shape index (κ3) is 1.68. The molecule has 2 aromatic rings. The number of carboxylic acids is 1. The van der Waals surface area contributed by atoms with E-state index in [9.17, 15) is 4.79 Å². The van der Waals surface area contributed by atoms with E-state index in [1.807, 2.05) is 0 Å². The molecule has 2 rings (SSSR count). The first-order valence-corrected chi connectivity index (χ1v) is 4.13. The number of carboxylic acid groups (broad SMARTS) is 1. The van der Waals surface area contributed by atoms with Crippen molar-refractivity contribution < 1.29 is 9.90 Å². The Labute approximate surface area is 84.1 Å². The number of carbonyl (C=O) groups is 1. The normalized spacial score (nSPS) is 10.5. The average Bonchev–Trinajstić information content (AvgIpc) is 2.63. The molecular formula is C7H8N6O2. The lowest BCUT2D eigenvalue weighted by Crippen LogP contribution is -2.27. The van der Waals surface area contributed by atoms with Crippen LogP contribution in [-0.4, -0.2) is 49.7 Å². The summed E-state index contributed by atoms with van der Waals surface area (Å²) in [4.78, 5) is 15.9. The van der Waals surface area contributed by atoms with E-state index in [1.54, 1.807) is 7.05 Å². The molecule has 0 aliphatic carbocycles. The van der Waals surface area contributed by atoms with Crippen molar-refractivity contribution in [1.29, 1.82) is 0 Å². The summed E-state index contributed by atoms with van der Waals surface area (Å²) in [5.74, 6) is -0.400. The first-order valence-electron chi connectivity index (χ1n) is 4.13. The van der Waals surface area contributed by atoms with E-state index in [2.05, 4.69) is 20.5 Å². The summed E-state index contributed by atoms with van der Waals surface area (Å²) in [6.45, 7) is -0.138. The average molecular weight is 208 g/mol. The molecule has 0 atom stereocenters. The second kappa shape index (κ2) is 3.48. The predicted molar refractivity (Wildman–Crippen MR) is 49.5 cm³/mol. The van der Waals surface area contributed by atoms with Crippen LogP contribution >= 0.6 is 0 Å². The number of aromatic nitrogens is 5. The number of anilines is 1. The van der Waals surface area contributed by atoms with Crippen LogP contribution < -0.4 is 4.90 Å². The minimum absolute atomic E-state index is 0.138. The molecular weight excluding hydrogens is 200 g/mol. The van der Waals surface area contributed by atoms with Crippen LogP contribution in [0.15, 0.2) is 12.4 Å². The fourth-order valence-electron chi connectivity index (χ4n) is 1.21. The van der Waals surface area contributed by atoms with Crippen molar-refractivity contribution in [2.24, 2.45) is 0 Å². The summed E-state index contributed by atoms with van der Waals surface area (Å²) in [7, 11) is 1.63. The van der Waals surface area contributed by atoms with Gasteiger partial charge in [-0.2, -0.15) is 4.52 Å². The fourth-order valence-corrected chi connectivity index (χ4v) is 1.21. The third-order valence-corrected chi connectivity index (χ3v) is 1.85. The van der Waals surface area contributed by atoms with E-state index in [4.69, 9.17) is 5.11 Å². The quantitative estimate of drug-likeness (QED) is 0.693. The highest BCUT2D eigenvalue weighted by atomic mass is 16.4. The van der Waals surface area contributed by atoms with Gasteiger partial charge in [0, 0.05) is 7.05 Å². The number of rotatable bonds is 3. The van der Waals surface area contributed by atoms with E-state index < -0.39 is 5.97 Å². The Morgan fingerprint density at radius 2 is 2.40 bits per heavy atom. The molecule has 0 saturated carbocycles. The zero-order valence-corrected chi connectivity index (χ0v) is 7.90. The van der Waals surface area contributed by atoms with Crippen LogP contribution in [0.5, 0.6) is 0 Å². The number of hydrogen-bond acceptors (Lipinski definition) is 6. The van der Waals surface area contributed by atoms with Crippen LogP contribution in [-0.2, 0) is 4.79 Å². The maximum Gasteiger partial charge on any atom is 0.323 e.